The topological polar surface area (TPSA) is 71.5 Å². The van der Waals surface area contributed by atoms with Crippen molar-refractivity contribution in [3.05, 3.63) is 35.3 Å². The quantitative estimate of drug-likeness (QED) is 0.769. The van der Waals surface area contributed by atoms with E-state index in [0.29, 0.717) is 0 Å². The van der Waals surface area contributed by atoms with E-state index in [1.54, 1.807) is 7.11 Å². The average molecular weight is 348 g/mol. The minimum atomic E-state index is -0.209. The van der Waals surface area contributed by atoms with Crippen molar-refractivity contribution in [2.24, 2.45) is 5.92 Å². The Morgan fingerprint density at radius 2 is 2.25 bits per heavy atom. The van der Waals surface area contributed by atoms with E-state index in [-0.39, 0.29) is 30.9 Å². The van der Waals surface area contributed by atoms with E-state index in [9.17, 15) is 9.90 Å². The average Bonchev–Trinajstić information content (AvgIpc) is 3.07. The van der Waals surface area contributed by atoms with Gasteiger partial charge in [-0.25, -0.2) is 4.98 Å². The minimum Gasteiger partial charge on any atom is -0.497 e. The van der Waals surface area contributed by atoms with E-state index in [2.05, 4.69) is 10.3 Å². The second kappa shape index (κ2) is 8.80. The third kappa shape index (κ3) is 4.79. The molecule has 0 unspecified atom stereocenters. The van der Waals surface area contributed by atoms with E-state index < -0.39 is 0 Å². The molecule has 0 bridgehead atoms. The van der Waals surface area contributed by atoms with Gasteiger partial charge in [0.2, 0.25) is 5.91 Å². The fourth-order valence-corrected chi connectivity index (χ4v) is 3.17. The summed E-state index contributed by atoms with van der Waals surface area (Å²) in [6.45, 7) is 4.01. The monoisotopic (exact) mass is 348 g/mol. The first-order valence-corrected chi connectivity index (χ1v) is 8.94. The maximum atomic E-state index is 12.2. The Bertz CT molecular complexity index is 672. The number of aliphatic hydroxyl groups excluding tert-OH is 1. The fraction of sp³-hybridized carbons (Fsp3) is 0.444. The van der Waals surface area contributed by atoms with Gasteiger partial charge in [0.25, 0.3) is 0 Å². The second-order valence-electron chi connectivity index (χ2n) is 5.79. The first kappa shape index (κ1) is 18.4. The van der Waals surface area contributed by atoms with Crippen molar-refractivity contribution in [3.63, 3.8) is 0 Å². The van der Waals surface area contributed by atoms with Crippen molar-refractivity contribution in [2.75, 3.05) is 13.7 Å². The lowest BCUT2D eigenvalue weighted by atomic mass is 10.00. The van der Waals surface area contributed by atoms with Crippen LogP contribution in [0.1, 0.15) is 26.0 Å². The number of aliphatic hydroxyl groups is 1. The Morgan fingerprint density at radius 3 is 2.92 bits per heavy atom. The lowest BCUT2D eigenvalue weighted by Gasteiger charge is -2.21. The normalized spacial score (nSPS) is 13.3. The van der Waals surface area contributed by atoms with Gasteiger partial charge in [-0.3, -0.25) is 4.79 Å². The largest absolute Gasteiger partial charge is 0.497 e. The van der Waals surface area contributed by atoms with Gasteiger partial charge in [0.15, 0.2) is 0 Å². The third-order valence-electron chi connectivity index (χ3n) is 4.08. The minimum absolute atomic E-state index is 0.0487. The highest BCUT2D eigenvalue weighted by molar-refractivity contribution is 7.13. The molecule has 0 saturated heterocycles. The molecule has 0 aliphatic heterocycles. The van der Waals surface area contributed by atoms with Crippen molar-refractivity contribution >= 4 is 17.2 Å². The third-order valence-corrected chi connectivity index (χ3v) is 5.02. The molecule has 130 valence electrons. The van der Waals surface area contributed by atoms with Crippen LogP contribution in [0.25, 0.3) is 10.6 Å². The predicted octanol–water partition coefficient (Wildman–Crippen LogP) is 2.88. The number of carbonyl (C=O) groups is 1. The summed E-state index contributed by atoms with van der Waals surface area (Å²) in [6.07, 6.45) is 1.12. The smallest absolute Gasteiger partial charge is 0.226 e. The molecule has 2 aromatic rings. The van der Waals surface area contributed by atoms with Crippen molar-refractivity contribution in [1.29, 1.82) is 0 Å². The number of carbonyl (C=O) groups excluding carboxylic acids is 1. The Balaban J connectivity index is 2.01. The molecule has 1 heterocycles. The van der Waals surface area contributed by atoms with Gasteiger partial charge in [-0.15, -0.1) is 11.3 Å². The zero-order chi connectivity index (χ0) is 17.5. The van der Waals surface area contributed by atoms with E-state index in [1.807, 2.05) is 43.5 Å². The zero-order valence-corrected chi connectivity index (χ0v) is 15.1. The Kier molecular flexibility index (Phi) is 6.75. The predicted molar refractivity (Wildman–Crippen MR) is 96.3 cm³/mol. The van der Waals surface area contributed by atoms with Crippen LogP contribution in [0.2, 0.25) is 0 Å². The first-order valence-electron chi connectivity index (χ1n) is 8.06. The molecule has 2 atom stereocenters. The van der Waals surface area contributed by atoms with Crippen LogP contribution < -0.4 is 10.1 Å². The van der Waals surface area contributed by atoms with Crippen LogP contribution in [0.15, 0.2) is 29.6 Å². The van der Waals surface area contributed by atoms with Crippen molar-refractivity contribution < 1.29 is 14.6 Å². The van der Waals surface area contributed by atoms with Crippen molar-refractivity contribution in [3.8, 4) is 16.3 Å². The molecule has 5 nitrogen and oxygen atoms in total. The number of rotatable bonds is 8. The molecule has 24 heavy (non-hydrogen) atoms. The van der Waals surface area contributed by atoms with E-state index in [0.717, 1.165) is 28.4 Å². The number of nitrogens with one attached hydrogen (secondary N) is 1. The number of nitrogens with zero attached hydrogens (tertiary/aromatic N) is 1. The van der Waals surface area contributed by atoms with Gasteiger partial charge in [-0.2, -0.15) is 0 Å². The van der Waals surface area contributed by atoms with Crippen LogP contribution >= 0.6 is 11.3 Å². The number of hydrogen-bond acceptors (Lipinski definition) is 5. The molecular weight excluding hydrogens is 324 g/mol. The molecule has 1 aromatic carbocycles. The van der Waals surface area contributed by atoms with Crippen LogP contribution in [0.5, 0.6) is 5.75 Å². The van der Waals surface area contributed by atoms with Crippen LogP contribution in [0.3, 0.4) is 0 Å². The van der Waals surface area contributed by atoms with Gasteiger partial charge >= 0.3 is 0 Å². The lowest BCUT2D eigenvalue weighted by molar-refractivity contribution is -0.121. The molecule has 0 aliphatic carbocycles. The second-order valence-corrected chi connectivity index (χ2v) is 6.65. The fourth-order valence-electron chi connectivity index (χ4n) is 2.35. The summed E-state index contributed by atoms with van der Waals surface area (Å²) in [6, 6.07) is 7.48. The number of ether oxygens (including phenoxy) is 1. The SMILES string of the molecule is CC[C@H](C)[C@@H](CO)NC(=O)Cc1csc(-c2cccc(OC)c2)n1. The van der Waals surface area contributed by atoms with E-state index in [4.69, 9.17) is 4.74 Å². The summed E-state index contributed by atoms with van der Waals surface area (Å²) in [4.78, 5) is 16.7. The number of amides is 1. The molecule has 0 spiro atoms. The molecule has 6 heteroatoms. The molecule has 0 fully saturated rings. The van der Waals surface area contributed by atoms with Crippen molar-refractivity contribution in [1.82, 2.24) is 10.3 Å². The summed E-state index contributed by atoms with van der Waals surface area (Å²) >= 11 is 1.50. The number of hydrogen-bond donors (Lipinski definition) is 2. The standard InChI is InChI=1S/C18H24N2O3S/c1-4-12(2)16(10-21)20-17(22)9-14-11-24-18(19-14)13-6-5-7-15(8-13)23-3/h5-8,11-12,16,21H,4,9-10H2,1-3H3,(H,20,22)/t12-,16+/m0/s1. The van der Waals surface area contributed by atoms with Crippen LogP contribution in [0, 0.1) is 5.92 Å². The van der Waals surface area contributed by atoms with Gasteiger partial charge in [0.05, 0.1) is 31.9 Å². The number of methoxy groups -OCH3 is 1. The lowest BCUT2D eigenvalue weighted by Crippen LogP contribution is -2.42. The van der Waals surface area contributed by atoms with Gasteiger partial charge in [-0.1, -0.05) is 32.4 Å². The summed E-state index contributed by atoms with van der Waals surface area (Å²) < 4.78 is 5.23. The Hall–Kier alpha value is -1.92. The maximum absolute atomic E-state index is 12.2. The van der Waals surface area contributed by atoms with E-state index >= 15 is 0 Å². The van der Waals surface area contributed by atoms with Gasteiger partial charge in [-0.05, 0) is 18.1 Å². The highest BCUT2D eigenvalue weighted by atomic mass is 32.1. The molecule has 0 aliphatic rings. The molecule has 1 aromatic heterocycles. The zero-order valence-electron chi connectivity index (χ0n) is 14.3. The van der Waals surface area contributed by atoms with Gasteiger partial charge in [0, 0.05) is 10.9 Å². The van der Waals surface area contributed by atoms with E-state index in [1.165, 1.54) is 11.3 Å². The highest BCUT2D eigenvalue weighted by Gasteiger charge is 2.18. The molecule has 2 N–H and O–H groups in total. The van der Waals surface area contributed by atoms with Crippen LogP contribution in [-0.2, 0) is 11.2 Å². The highest BCUT2D eigenvalue weighted by Crippen LogP contribution is 2.27. The number of aromatic nitrogens is 1. The Morgan fingerprint density at radius 1 is 1.46 bits per heavy atom. The van der Waals surface area contributed by atoms with Crippen LogP contribution in [-0.4, -0.2) is 35.8 Å². The van der Waals surface area contributed by atoms with Gasteiger partial charge in [0.1, 0.15) is 10.8 Å². The summed E-state index contributed by atoms with van der Waals surface area (Å²) in [7, 11) is 1.63. The van der Waals surface area contributed by atoms with Crippen molar-refractivity contribution in [2.45, 2.75) is 32.7 Å². The molecule has 1 amide bonds. The van der Waals surface area contributed by atoms with Gasteiger partial charge < -0.3 is 15.2 Å². The molecule has 0 radical (unpaired) electrons. The summed E-state index contributed by atoms with van der Waals surface area (Å²) in [5, 5.41) is 15.0. The molecular formula is C18H24N2O3S. The molecule has 0 saturated carbocycles. The maximum Gasteiger partial charge on any atom is 0.226 e. The summed E-state index contributed by atoms with van der Waals surface area (Å²) in [5.41, 5.74) is 1.70. The summed E-state index contributed by atoms with van der Waals surface area (Å²) in [5.74, 6) is 0.903. The number of benzene rings is 1. The van der Waals surface area contributed by atoms with Crippen LogP contribution in [0.4, 0.5) is 0 Å². The Labute approximate surface area is 146 Å². The number of thiazole rings is 1. The first-order chi connectivity index (χ1) is 11.6. The molecule has 2 rings (SSSR count).